The van der Waals surface area contributed by atoms with E-state index in [4.69, 9.17) is 14.4 Å². The lowest BCUT2D eigenvalue weighted by molar-refractivity contribution is 0.0697. The number of hydrogen-bond acceptors (Lipinski definition) is 5. The van der Waals surface area contributed by atoms with Gasteiger partial charge in [0.05, 0.1) is 11.7 Å². The van der Waals surface area contributed by atoms with E-state index in [1.807, 2.05) is 0 Å². The molecule has 1 unspecified atom stereocenters. The van der Waals surface area contributed by atoms with Crippen LogP contribution in [0.3, 0.4) is 0 Å². The predicted molar refractivity (Wildman–Crippen MR) is 74.0 cm³/mol. The number of carbonyl (C=O) groups is 1. The van der Waals surface area contributed by atoms with Gasteiger partial charge in [0.25, 0.3) is 0 Å². The second-order valence-corrected chi connectivity index (χ2v) is 5.07. The minimum Gasteiger partial charge on any atom is -0.478 e. The number of carboxylic acid groups (broad SMARTS) is 1. The first-order valence-electron chi connectivity index (χ1n) is 7.00. The average Bonchev–Trinajstić information content (AvgIpc) is 3.17. The Morgan fingerprint density at radius 3 is 2.81 bits per heavy atom. The van der Waals surface area contributed by atoms with Gasteiger partial charge in [-0.3, -0.25) is 0 Å². The fourth-order valence-electron chi connectivity index (χ4n) is 2.39. The molecule has 6 nitrogen and oxygen atoms in total. The van der Waals surface area contributed by atoms with Crippen molar-refractivity contribution in [2.24, 2.45) is 0 Å². The number of aryl methyl sites for hydroxylation is 1. The fraction of sp³-hybridized carbons (Fsp3) is 0.400. The Morgan fingerprint density at radius 2 is 2.14 bits per heavy atom. The van der Waals surface area contributed by atoms with Crippen molar-refractivity contribution >= 4 is 5.97 Å². The lowest BCUT2D eigenvalue weighted by atomic mass is 10.1. The van der Waals surface area contributed by atoms with E-state index in [-0.39, 0.29) is 5.56 Å². The first-order chi connectivity index (χ1) is 10.2. The highest BCUT2D eigenvalue weighted by atomic mass is 16.5. The molecule has 0 amide bonds. The quantitative estimate of drug-likeness (QED) is 0.910. The van der Waals surface area contributed by atoms with Crippen LogP contribution in [0.4, 0.5) is 0 Å². The predicted octanol–water partition coefficient (Wildman–Crippen LogP) is 2.55. The molecule has 2 heterocycles. The van der Waals surface area contributed by atoms with Crippen molar-refractivity contribution in [2.75, 3.05) is 6.61 Å². The maximum absolute atomic E-state index is 10.8. The van der Waals surface area contributed by atoms with Crippen LogP contribution in [-0.2, 0) is 11.2 Å². The summed E-state index contributed by atoms with van der Waals surface area (Å²) < 4.78 is 10.8. The van der Waals surface area contributed by atoms with Gasteiger partial charge in [-0.2, -0.15) is 4.98 Å². The molecule has 0 bridgehead atoms. The molecule has 2 aromatic rings. The summed E-state index contributed by atoms with van der Waals surface area (Å²) in [5.74, 6) is 0.115. The van der Waals surface area contributed by atoms with E-state index in [9.17, 15) is 4.79 Å². The second kappa shape index (κ2) is 6.05. The number of rotatable bonds is 5. The molecule has 0 spiro atoms. The van der Waals surface area contributed by atoms with Gasteiger partial charge in [-0.25, -0.2) is 4.79 Å². The number of hydrogen-bond donors (Lipinski definition) is 1. The number of benzene rings is 1. The molecule has 0 saturated carbocycles. The van der Waals surface area contributed by atoms with Crippen molar-refractivity contribution < 1.29 is 19.2 Å². The minimum atomic E-state index is -0.952. The summed E-state index contributed by atoms with van der Waals surface area (Å²) in [6.07, 6.45) is 4.10. The molecule has 0 aliphatic carbocycles. The van der Waals surface area contributed by atoms with E-state index < -0.39 is 5.97 Å². The van der Waals surface area contributed by atoms with Gasteiger partial charge < -0.3 is 14.4 Å². The summed E-state index contributed by atoms with van der Waals surface area (Å²) in [6, 6.07) is 6.41. The number of aromatic nitrogens is 2. The SMILES string of the molecule is O=C(O)c1ccc(-c2noc(CCC3CCCO3)n2)cc1. The van der Waals surface area contributed by atoms with E-state index in [1.165, 1.54) is 12.1 Å². The summed E-state index contributed by atoms with van der Waals surface area (Å²) in [5, 5.41) is 12.8. The zero-order chi connectivity index (χ0) is 14.7. The van der Waals surface area contributed by atoms with Crippen molar-refractivity contribution in [2.45, 2.75) is 31.8 Å². The van der Waals surface area contributed by atoms with Crippen LogP contribution >= 0.6 is 0 Å². The first kappa shape index (κ1) is 13.8. The minimum absolute atomic E-state index is 0.237. The maximum atomic E-state index is 10.8. The summed E-state index contributed by atoms with van der Waals surface area (Å²) >= 11 is 0. The molecular weight excluding hydrogens is 272 g/mol. The van der Waals surface area contributed by atoms with Crippen LogP contribution in [0, 0.1) is 0 Å². The smallest absolute Gasteiger partial charge is 0.335 e. The van der Waals surface area contributed by atoms with Crippen molar-refractivity contribution in [3.05, 3.63) is 35.7 Å². The van der Waals surface area contributed by atoms with Gasteiger partial charge in [0.1, 0.15) is 0 Å². The molecular formula is C15H16N2O4. The van der Waals surface area contributed by atoms with Crippen LogP contribution < -0.4 is 0 Å². The normalized spacial score (nSPS) is 18.0. The van der Waals surface area contributed by atoms with E-state index in [0.717, 1.165) is 31.4 Å². The monoisotopic (exact) mass is 288 g/mol. The largest absolute Gasteiger partial charge is 0.478 e. The van der Waals surface area contributed by atoms with Gasteiger partial charge in [0.15, 0.2) is 0 Å². The molecule has 110 valence electrons. The summed E-state index contributed by atoms with van der Waals surface area (Å²) in [4.78, 5) is 15.1. The Balaban J connectivity index is 1.64. The van der Waals surface area contributed by atoms with Gasteiger partial charge in [-0.1, -0.05) is 17.3 Å². The highest BCUT2D eigenvalue weighted by Crippen LogP contribution is 2.20. The van der Waals surface area contributed by atoms with Crippen LogP contribution in [-0.4, -0.2) is 33.9 Å². The maximum Gasteiger partial charge on any atom is 0.335 e. The molecule has 1 N–H and O–H groups in total. The standard InChI is InChI=1S/C15H16N2O4/c18-15(19)11-5-3-10(4-6-11)14-16-13(21-17-14)8-7-12-2-1-9-20-12/h3-6,12H,1-2,7-9H2,(H,18,19). The van der Waals surface area contributed by atoms with Gasteiger partial charge in [0.2, 0.25) is 11.7 Å². The molecule has 1 aromatic heterocycles. The van der Waals surface area contributed by atoms with Crippen LogP contribution in [0.1, 0.15) is 35.5 Å². The van der Waals surface area contributed by atoms with Crippen LogP contribution in [0.15, 0.2) is 28.8 Å². The Labute approximate surface area is 121 Å². The van der Waals surface area contributed by atoms with Crippen molar-refractivity contribution in [3.8, 4) is 11.4 Å². The number of nitrogens with zero attached hydrogens (tertiary/aromatic N) is 2. The van der Waals surface area contributed by atoms with E-state index in [2.05, 4.69) is 10.1 Å². The zero-order valence-corrected chi connectivity index (χ0v) is 11.5. The number of aromatic carboxylic acids is 1. The topological polar surface area (TPSA) is 85.5 Å². The first-order valence-corrected chi connectivity index (χ1v) is 7.00. The summed E-state index contributed by atoms with van der Waals surface area (Å²) in [6.45, 7) is 0.843. The van der Waals surface area contributed by atoms with Crippen molar-refractivity contribution in [1.82, 2.24) is 10.1 Å². The van der Waals surface area contributed by atoms with Gasteiger partial charge >= 0.3 is 5.97 Å². The Hall–Kier alpha value is -2.21. The zero-order valence-electron chi connectivity index (χ0n) is 11.5. The molecule has 1 aliphatic rings. The summed E-state index contributed by atoms with van der Waals surface area (Å²) in [7, 11) is 0. The molecule has 1 saturated heterocycles. The van der Waals surface area contributed by atoms with Gasteiger partial charge in [0, 0.05) is 18.6 Å². The average molecular weight is 288 g/mol. The summed E-state index contributed by atoms with van der Waals surface area (Å²) in [5.41, 5.74) is 0.980. The fourth-order valence-corrected chi connectivity index (χ4v) is 2.39. The molecule has 0 radical (unpaired) electrons. The third-order valence-electron chi connectivity index (χ3n) is 3.56. The van der Waals surface area contributed by atoms with E-state index in [1.54, 1.807) is 12.1 Å². The molecule has 1 fully saturated rings. The second-order valence-electron chi connectivity index (χ2n) is 5.07. The third-order valence-corrected chi connectivity index (χ3v) is 3.56. The lowest BCUT2D eigenvalue weighted by Crippen LogP contribution is -2.06. The van der Waals surface area contributed by atoms with Crippen molar-refractivity contribution in [3.63, 3.8) is 0 Å². The molecule has 1 atom stereocenters. The number of carboxylic acids is 1. The Bertz CT molecular complexity index is 615. The van der Waals surface area contributed by atoms with Crippen LogP contribution in [0.25, 0.3) is 11.4 Å². The molecule has 1 aliphatic heterocycles. The van der Waals surface area contributed by atoms with Gasteiger partial charge in [-0.15, -0.1) is 0 Å². The Morgan fingerprint density at radius 1 is 1.33 bits per heavy atom. The molecule has 21 heavy (non-hydrogen) atoms. The lowest BCUT2D eigenvalue weighted by Gasteiger charge is -2.05. The molecule has 1 aromatic carbocycles. The van der Waals surface area contributed by atoms with Gasteiger partial charge in [-0.05, 0) is 31.4 Å². The van der Waals surface area contributed by atoms with Crippen LogP contribution in [0.5, 0.6) is 0 Å². The van der Waals surface area contributed by atoms with Crippen LogP contribution in [0.2, 0.25) is 0 Å². The highest BCUT2D eigenvalue weighted by molar-refractivity contribution is 5.88. The van der Waals surface area contributed by atoms with E-state index >= 15 is 0 Å². The Kier molecular flexibility index (Phi) is 3.96. The highest BCUT2D eigenvalue weighted by Gasteiger charge is 2.17. The molecule has 6 heteroatoms. The third kappa shape index (κ3) is 3.28. The molecule has 3 rings (SSSR count). The number of ether oxygens (including phenoxy) is 1. The van der Waals surface area contributed by atoms with Crippen molar-refractivity contribution in [1.29, 1.82) is 0 Å². The van der Waals surface area contributed by atoms with E-state index in [0.29, 0.717) is 24.2 Å².